The first-order valence-corrected chi connectivity index (χ1v) is 3.08. The third kappa shape index (κ3) is 4.02. The van der Waals surface area contributed by atoms with Crippen molar-refractivity contribution in [3.8, 4) is 0 Å². The van der Waals surface area contributed by atoms with Crippen LogP contribution in [0.15, 0.2) is 0 Å². The fourth-order valence-corrected chi connectivity index (χ4v) is 0.393. The molecule has 0 aromatic rings. The minimum atomic E-state index is -4.69. The van der Waals surface area contributed by atoms with E-state index in [1.807, 2.05) is 10.6 Å². The monoisotopic (exact) mass is 186 g/mol. The molecule has 0 spiro atoms. The van der Waals surface area contributed by atoms with Gasteiger partial charge in [0.05, 0.1) is 6.54 Å². The van der Waals surface area contributed by atoms with E-state index < -0.39 is 24.9 Å². The SMILES string of the molecule is CNC(=O)NC[C@@H](O)C(F)(F)F. The third-order valence-electron chi connectivity index (χ3n) is 1.06. The van der Waals surface area contributed by atoms with E-state index in [1.165, 1.54) is 7.05 Å². The highest BCUT2D eigenvalue weighted by atomic mass is 19.4. The van der Waals surface area contributed by atoms with Crippen molar-refractivity contribution in [1.82, 2.24) is 10.6 Å². The zero-order valence-corrected chi connectivity index (χ0v) is 6.27. The summed E-state index contributed by atoms with van der Waals surface area (Å²) in [6, 6.07) is -0.765. The minimum Gasteiger partial charge on any atom is -0.382 e. The second-order valence-corrected chi connectivity index (χ2v) is 2.02. The lowest BCUT2D eigenvalue weighted by atomic mass is 10.3. The molecule has 0 fully saturated rings. The number of urea groups is 1. The third-order valence-corrected chi connectivity index (χ3v) is 1.06. The van der Waals surface area contributed by atoms with Gasteiger partial charge in [0.1, 0.15) is 0 Å². The number of hydrogen-bond donors (Lipinski definition) is 3. The standard InChI is InChI=1S/C5H9F3N2O2/c1-9-4(12)10-2-3(11)5(6,7)8/h3,11H,2H2,1H3,(H2,9,10,12)/t3-/m1/s1. The van der Waals surface area contributed by atoms with E-state index >= 15 is 0 Å². The van der Waals surface area contributed by atoms with E-state index in [9.17, 15) is 18.0 Å². The molecule has 0 bridgehead atoms. The van der Waals surface area contributed by atoms with Gasteiger partial charge in [0.2, 0.25) is 0 Å². The van der Waals surface area contributed by atoms with Crippen molar-refractivity contribution in [2.45, 2.75) is 12.3 Å². The molecule has 0 aliphatic carbocycles. The van der Waals surface area contributed by atoms with Crippen LogP contribution in [-0.4, -0.2) is 37.0 Å². The van der Waals surface area contributed by atoms with Crippen LogP contribution in [0.5, 0.6) is 0 Å². The molecule has 0 saturated carbocycles. The molecule has 0 aromatic carbocycles. The number of amides is 2. The van der Waals surface area contributed by atoms with Gasteiger partial charge in [-0.25, -0.2) is 4.79 Å². The van der Waals surface area contributed by atoms with Gasteiger partial charge in [-0.05, 0) is 0 Å². The lowest BCUT2D eigenvalue weighted by molar-refractivity contribution is -0.201. The molecule has 0 radical (unpaired) electrons. The van der Waals surface area contributed by atoms with Crippen LogP contribution in [0.4, 0.5) is 18.0 Å². The highest BCUT2D eigenvalue weighted by Gasteiger charge is 2.38. The largest absolute Gasteiger partial charge is 0.416 e. The van der Waals surface area contributed by atoms with Gasteiger partial charge in [0.25, 0.3) is 0 Å². The molecule has 0 heterocycles. The van der Waals surface area contributed by atoms with Gasteiger partial charge >= 0.3 is 12.2 Å². The number of carbonyl (C=O) groups is 1. The Bertz CT molecular complexity index is 159. The summed E-state index contributed by atoms with van der Waals surface area (Å²) in [5.74, 6) is 0. The second kappa shape index (κ2) is 4.15. The minimum absolute atomic E-state index is 0.765. The van der Waals surface area contributed by atoms with E-state index in [0.717, 1.165) is 0 Å². The average molecular weight is 186 g/mol. The van der Waals surface area contributed by atoms with Crippen molar-refractivity contribution < 1.29 is 23.1 Å². The highest BCUT2D eigenvalue weighted by Crippen LogP contribution is 2.18. The fourth-order valence-electron chi connectivity index (χ4n) is 0.393. The molecule has 0 aliphatic rings. The Morgan fingerprint density at radius 2 is 2.08 bits per heavy atom. The quantitative estimate of drug-likeness (QED) is 0.561. The summed E-state index contributed by atoms with van der Waals surface area (Å²) >= 11 is 0. The first-order chi connectivity index (χ1) is 5.38. The number of hydrogen-bond acceptors (Lipinski definition) is 2. The molecule has 7 heteroatoms. The smallest absolute Gasteiger partial charge is 0.382 e. The Morgan fingerprint density at radius 3 is 2.42 bits per heavy atom. The van der Waals surface area contributed by atoms with Crippen molar-refractivity contribution in [1.29, 1.82) is 0 Å². The Kier molecular flexibility index (Phi) is 3.81. The molecule has 0 rings (SSSR count). The maximum absolute atomic E-state index is 11.6. The Hall–Kier alpha value is -0.980. The zero-order chi connectivity index (χ0) is 9.78. The van der Waals surface area contributed by atoms with Gasteiger partial charge in [-0.2, -0.15) is 13.2 Å². The van der Waals surface area contributed by atoms with Crippen LogP contribution >= 0.6 is 0 Å². The van der Waals surface area contributed by atoms with Crippen LogP contribution in [0.25, 0.3) is 0 Å². The molecule has 12 heavy (non-hydrogen) atoms. The Labute approximate surface area is 66.8 Å². The summed E-state index contributed by atoms with van der Waals surface area (Å²) in [5.41, 5.74) is 0. The molecular formula is C5H9F3N2O2. The van der Waals surface area contributed by atoms with Gasteiger partial charge in [0.15, 0.2) is 6.10 Å². The van der Waals surface area contributed by atoms with Crippen molar-refractivity contribution in [3.63, 3.8) is 0 Å². The first-order valence-electron chi connectivity index (χ1n) is 3.08. The van der Waals surface area contributed by atoms with Gasteiger partial charge in [-0.3, -0.25) is 0 Å². The zero-order valence-electron chi connectivity index (χ0n) is 6.27. The van der Waals surface area contributed by atoms with E-state index in [0.29, 0.717) is 0 Å². The molecule has 72 valence electrons. The highest BCUT2D eigenvalue weighted by molar-refractivity contribution is 5.73. The first kappa shape index (κ1) is 11.0. The predicted octanol–water partition coefficient (Wildman–Crippen LogP) is -0.161. The molecule has 3 N–H and O–H groups in total. The molecular weight excluding hydrogens is 177 g/mol. The topological polar surface area (TPSA) is 61.4 Å². The van der Waals surface area contributed by atoms with Crippen LogP contribution in [0.1, 0.15) is 0 Å². The molecule has 0 unspecified atom stereocenters. The van der Waals surface area contributed by atoms with Crippen molar-refractivity contribution in [2.75, 3.05) is 13.6 Å². The summed E-state index contributed by atoms with van der Waals surface area (Å²) in [5, 5.41) is 12.2. The van der Waals surface area contributed by atoms with Gasteiger partial charge in [-0.15, -0.1) is 0 Å². The number of nitrogens with one attached hydrogen (secondary N) is 2. The van der Waals surface area contributed by atoms with Gasteiger partial charge < -0.3 is 15.7 Å². The van der Waals surface area contributed by atoms with Crippen LogP contribution < -0.4 is 10.6 Å². The average Bonchev–Trinajstić information content (AvgIpc) is 1.97. The van der Waals surface area contributed by atoms with Crippen molar-refractivity contribution in [3.05, 3.63) is 0 Å². The number of rotatable bonds is 2. The van der Waals surface area contributed by atoms with E-state index in [2.05, 4.69) is 0 Å². The van der Waals surface area contributed by atoms with Crippen LogP contribution in [-0.2, 0) is 0 Å². The van der Waals surface area contributed by atoms with Crippen molar-refractivity contribution >= 4 is 6.03 Å². The Morgan fingerprint density at radius 1 is 1.58 bits per heavy atom. The summed E-state index contributed by atoms with van der Waals surface area (Å²) in [6.07, 6.45) is -7.21. The second-order valence-electron chi connectivity index (χ2n) is 2.02. The normalized spacial score (nSPS) is 13.8. The summed E-state index contributed by atoms with van der Waals surface area (Å²) in [4.78, 5) is 10.3. The summed E-state index contributed by atoms with van der Waals surface area (Å²) in [7, 11) is 1.26. The molecule has 0 aromatic heterocycles. The predicted molar refractivity (Wildman–Crippen MR) is 34.5 cm³/mol. The maximum atomic E-state index is 11.6. The van der Waals surface area contributed by atoms with Gasteiger partial charge in [0, 0.05) is 7.05 Å². The molecule has 1 atom stereocenters. The number of alkyl halides is 3. The Balaban J connectivity index is 3.72. The van der Waals surface area contributed by atoms with E-state index in [4.69, 9.17) is 5.11 Å². The summed E-state index contributed by atoms with van der Waals surface area (Å²) in [6.45, 7) is -0.844. The fraction of sp³-hybridized carbons (Fsp3) is 0.800. The molecule has 4 nitrogen and oxygen atoms in total. The molecule has 2 amide bonds. The molecule has 0 saturated heterocycles. The lowest BCUT2D eigenvalue weighted by Crippen LogP contribution is -2.43. The van der Waals surface area contributed by atoms with Crippen LogP contribution in [0.3, 0.4) is 0 Å². The lowest BCUT2D eigenvalue weighted by Gasteiger charge is -2.14. The van der Waals surface area contributed by atoms with Crippen molar-refractivity contribution in [2.24, 2.45) is 0 Å². The van der Waals surface area contributed by atoms with Crippen LogP contribution in [0, 0.1) is 0 Å². The maximum Gasteiger partial charge on any atom is 0.416 e. The summed E-state index contributed by atoms with van der Waals surface area (Å²) < 4.78 is 34.7. The number of aliphatic hydroxyl groups excluding tert-OH is 1. The van der Waals surface area contributed by atoms with E-state index in [1.54, 1.807) is 0 Å². The van der Waals surface area contributed by atoms with Gasteiger partial charge in [-0.1, -0.05) is 0 Å². The number of halogens is 3. The van der Waals surface area contributed by atoms with E-state index in [-0.39, 0.29) is 0 Å². The number of carbonyl (C=O) groups excluding carboxylic acids is 1. The number of aliphatic hydroxyl groups is 1. The molecule has 0 aliphatic heterocycles. The van der Waals surface area contributed by atoms with Crippen LogP contribution in [0.2, 0.25) is 0 Å².